The fourth-order valence-electron chi connectivity index (χ4n) is 3.76. The molecule has 0 radical (unpaired) electrons. The fourth-order valence-corrected chi connectivity index (χ4v) is 4.97. The molecule has 39 heavy (non-hydrogen) atoms. The van der Waals surface area contributed by atoms with Crippen LogP contribution in [0.1, 0.15) is 15.9 Å². The van der Waals surface area contributed by atoms with Gasteiger partial charge < -0.3 is 29.0 Å². The number of esters is 1. The van der Waals surface area contributed by atoms with Gasteiger partial charge in [-0.3, -0.25) is 4.79 Å². The van der Waals surface area contributed by atoms with E-state index in [-0.39, 0.29) is 39.8 Å². The van der Waals surface area contributed by atoms with Gasteiger partial charge in [-0.05, 0) is 24.1 Å². The molecule has 0 spiro atoms. The molecule has 1 amide bonds. The lowest BCUT2D eigenvalue weighted by molar-refractivity contribution is -0.117. The lowest BCUT2D eigenvalue weighted by Gasteiger charge is -2.21. The molecule has 0 aliphatic carbocycles. The van der Waals surface area contributed by atoms with Crippen LogP contribution in [-0.2, 0) is 26.0 Å². The van der Waals surface area contributed by atoms with Crippen LogP contribution in [-0.4, -0.2) is 61.9 Å². The van der Waals surface area contributed by atoms with Gasteiger partial charge in [0.15, 0.2) is 23.0 Å². The number of carbonyl (C=O) groups excluding carboxylic acids is 2. The maximum absolute atomic E-state index is 13.6. The van der Waals surface area contributed by atoms with Gasteiger partial charge in [-0.1, -0.05) is 30.3 Å². The molecule has 1 unspecified atom stereocenters. The summed E-state index contributed by atoms with van der Waals surface area (Å²) in [5.74, 6) is -0.426. The topological polar surface area (TPSA) is 138 Å². The van der Waals surface area contributed by atoms with Gasteiger partial charge in [-0.25, -0.2) is 13.2 Å². The normalized spacial score (nSPS) is 11.7. The van der Waals surface area contributed by atoms with Crippen LogP contribution < -0.4 is 29.0 Å². The summed E-state index contributed by atoms with van der Waals surface area (Å²) in [6.45, 7) is 0. The summed E-state index contributed by atoms with van der Waals surface area (Å²) in [7, 11) is 2.60. The minimum Gasteiger partial charge on any atom is -0.493 e. The van der Waals surface area contributed by atoms with Gasteiger partial charge in [0.2, 0.25) is 15.9 Å². The molecule has 11 nitrogen and oxygen atoms in total. The molecule has 3 rings (SSSR count). The number of carbonyl (C=O) groups is 2. The van der Waals surface area contributed by atoms with Gasteiger partial charge in [0, 0.05) is 18.2 Å². The van der Waals surface area contributed by atoms with Crippen molar-refractivity contribution in [2.75, 3.05) is 40.9 Å². The third kappa shape index (κ3) is 6.98. The van der Waals surface area contributed by atoms with Crippen molar-refractivity contribution in [1.29, 1.82) is 0 Å². The van der Waals surface area contributed by atoms with E-state index in [0.717, 1.165) is 0 Å². The molecule has 0 heterocycles. The van der Waals surface area contributed by atoms with Crippen LogP contribution in [0.25, 0.3) is 0 Å². The van der Waals surface area contributed by atoms with Crippen molar-refractivity contribution in [3.8, 4) is 23.0 Å². The van der Waals surface area contributed by atoms with Crippen LogP contribution in [0.2, 0.25) is 0 Å². The first-order valence-corrected chi connectivity index (χ1v) is 13.1. The van der Waals surface area contributed by atoms with Crippen LogP contribution in [0, 0.1) is 0 Å². The number of hydrogen-bond donors (Lipinski definition) is 2. The van der Waals surface area contributed by atoms with Crippen LogP contribution in [0.3, 0.4) is 0 Å². The Bertz CT molecular complexity index is 1430. The Morgan fingerprint density at radius 3 is 1.95 bits per heavy atom. The van der Waals surface area contributed by atoms with Crippen molar-refractivity contribution >= 4 is 27.6 Å². The number of ether oxygens (including phenoxy) is 5. The summed E-state index contributed by atoms with van der Waals surface area (Å²) in [6.07, 6.45) is 0.0139. The number of methoxy groups -OCH3 is 5. The lowest BCUT2D eigenvalue weighted by atomic mass is 10.1. The van der Waals surface area contributed by atoms with Crippen molar-refractivity contribution in [1.82, 2.24) is 4.72 Å². The number of amides is 1. The first kappa shape index (κ1) is 29.3. The summed E-state index contributed by atoms with van der Waals surface area (Å²) in [4.78, 5) is 25.9. The highest BCUT2D eigenvalue weighted by Crippen LogP contribution is 2.34. The number of anilines is 1. The molecule has 2 N–H and O–H groups in total. The van der Waals surface area contributed by atoms with Gasteiger partial charge in [0.1, 0.15) is 6.04 Å². The van der Waals surface area contributed by atoms with E-state index in [4.69, 9.17) is 23.7 Å². The third-order valence-corrected chi connectivity index (χ3v) is 7.22. The average molecular weight is 559 g/mol. The molecule has 0 aliphatic rings. The van der Waals surface area contributed by atoms with Crippen LogP contribution in [0.5, 0.6) is 23.0 Å². The molecule has 0 saturated carbocycles. The Kier molecular flexibility index (Phi) is 9.74. The van der Waals surface area contributed by atoms with E-state index in [1.54, 1.807) is 30.3 Å². The molecule has 3 aromatic carbocycles. The van der Waals surface area contributed by atoms with E-state index in [9.17, 15) is 18.0 Å². The monoisotopic (exact) mass is 558 g/mol. The van der Waals surface area contributed by atoms with Crippen molar-refractivity contribution in [2.45, 2.75) is 17.4 Å². The van der Waals surface area contributed by atoms with Gasteiger partial charge >= 0.3 is 5.97 Å². The molecule has 0 aliphatic heterocycles. The van der Waals surface area contributed by atoms with Crippen molar-refractivity contribution in [3.63, 3.8) is 0 Å². The Balaban J connectivity index is 2.01. The molecule has 12 heteroatoms. The second-order valence-electron chi connectivity index (χ2n) is 8.11. The molecule has 0 bridgehead atoms. The zero-order valence-corrected chi connectivity index (χ0v) is 23.0. The number of benzene rings is 3. The average Bonchev–Trinajstić information content (AvgIpc) is 2.96. The summed E-state index contributed by atoms with van der Waals surface area (Å²) >= 11 is 0. The first-order valence-electron chi connectivity index (χ1n) is 11.6. The largest absolute Gasteiger partial charge is 0.493 e. The quantitative estimate of drug-likeness (QED) is 0.321. The SMILES string of the molecule is COC(=O)c1cc(OC)c(OC)cc1NC(=O)C(Cc1ccccc1)NS(=O)(=O)c1ccc(OC)c(OC)c1. The predicted octanol–water partition coefficient (Wildman–Crippen LogP) is 3.04. The molecular weight excluding hydrogens is 528 g/mol. The predicted molar refractivity (Wildman–Crippen MR) is 143 cm³/mol. The highest BCUT2D eigenvalue weighted by molar-refractivity contribution is 7.89. The van der Waals surface area contributed by atoms with Crippen LogP contribution in [0.4, 0.5) is 5.69 Å². The van der Waals surface area contributed by atoms with Gasteiger partial charge in [0.05, 0.1) is 51.7 Å². The Labute approximate surface area is 227 Å². The second kappa shape index (κ2) is 13.0. The molecule has 0 saturated heterocycles. The first-order chi connectivity index (χ1) is 18.7. The van der Waals surface area contributed by atoms with Crippen LogP contribution in [0.15, 0.2) is 65.6 Å². The summed E-state index contributed by atoms with van der Waals surface area (Å²) in [5.41, 5.74) is 0.741. The summed E-state index contributed by atoms with van der Waals surface area (Å²) < 4.78 is 55.0. The van der Waals surface area contributed by atoms with Crippen molar-refractivity contribution < 1.29 is 41.7 Å². The van der Waals surface area contributed by atoms with E-state index in [1.807, 2.05) is 0 Å². The fraction of sp³-hybridized carbons (Fsp3) is 0.259. The van der Waals surface area contributed by atoms with Crippen molar-refractivity contribution in [3.05, 3.63) is 71.8 Å². The highest BCUT2D eigenvalue weighted by Gasteiger charge is 2.29. The maximum atomic E-state index is 13.6. The Morgan fingerprint density at radius 1 is 0.769 bits per heavy atom. The number of sulfonamides is 1. The molecule has 0 aromatic heterocycles. The number of hydrogen-bond acceptors (Lipinski definition) is 9. The lowest BCUT2D eigenvalue weighted by Crippen LogP contribution is -2.45. The van der Waals surface area contributed by atoms with E-state index >= 15 is 0 Å². The highest BCUT2D eigenvalue weighted by atomic mass is 32.2. The molecule has 0 fully saturated rings. The number of rotatable bonds is 12. The van der Waals surface area contributed by atoms with E-state index in [0.29, 0.717) is 11.3 Å². The smallest absolute Gasteiger partial charge is 0.340 e. The molecule has 208 valence electrons. The molecule has 3 aromatic rings. The summed E-state index contributed by atoms with van der Waals surface area (Å²) in [5, 5.41) is 2.64. The zero-order valence-electron chi connectivity index (χ0n) is 22.1. The maximum Gasteiger partial charge on any atom is 0.340 e. The van der Waals surface area contributed by atoms with Crippen LogP contribution >= 0.6 is 0 Å². The third-order valence-electron chi connectivity index (χ3n) is 5.75. The van der Waals surface area contributed by atoms with Gasteiger partial charge in [0.25, 0.3) is 0 Å². The number of nitrogens with one attached hydrogen (secondary N) is 2. The minimum absolute atomic E-state index is 0.00953. The van der Waals surface area contributed by atoms with E-state index in [1.165, 1.54) is 65.9 Å². The minimum atomic E-state index is -4.21. The zero-order chi connectivity index (χ0) is 28.6. The molecule has 1 atom stereocenters. The second-order valence-corrected chi connectivity index (χ2v) is 9.83. The van der Waals surface area contributed by atoms with E-state index in [2.05, 4.69) is 10.0 Å². The van der Waals surface area contributed by atoms with Gasteiger partial charge in [-0.15, -0.1) is 0 Å². The molecular formula is C27H30N2O9S. The Hall–Kier alpha value is -4.29. The Morgan fingerprint density at radius 2 is 1.36 bits per heavy atom. The van der Waals surface area contributed by atoms with E-state index < -0.39 is 27.9 Å². The summed E-state index contributed by atoms with van der Waals surface area (Å²) in [6, 6.07) is 14.4. The van der Waals surface area contributed by atoms with Crippen molar-refractivity contribution in [2.24, 2.45) is 0 Å². The van der Waals surface area contributed by atoms with Gasteiger partial charge in [-0.2, -0.15) is 4.72 Å². The standard InChI is InChI=1S/C27H30N2O9S/c1-34-22-12-11-18(14-23(22)35-2)39(32,33)29-21(13-17-9-7-6-8-10-17)26(30)28-20-16-25(37-4)24(36-3)15-19(20)27(31)38-5/h6-12,14-16,21,29H,13H2,1-5H3,(H,28,30).